The van der Waals surface area contributed by atoms with Crippen LogP contribution in [0.3, 0.4) is 0 Å². The number of halogens is 1. The number of aromatic amines is 1. The second-order valence-corrected chi connectivity index (χ2v) is 12.7. The van der Waals surface area contributed by atoms with Gasteiger partial charge in [0.2, 0.25) is 10.0 Å². The molecule has 222 valence electrons. The first-order valence-corrected chi connectivity index (χ1v) is 16.3. The standard InChI is InChI=1S/C27H36BrN7O5S/c1-4-9-34-25-22(28)23(30-24(25)26-31-29-18-35(26)27(34)36)20-17-19(7-8-21(20)40-15-5-2)41(37,38)33-12-10-32(11-13-33)14-16-39-6-3/h7-8,17-18,30H,4-6,9-16H2,1-3H3. The van der Waals surface area contributed by atoms with E-state index >= 15 is 0 Å². The van der Waals surface area contributed by atoms with Gasteiger partial charge in [0, 0.05) is 51.4 Å². The molecule has 4 aromatic rings. The molecule has 0 radical (unpaired) electrons. The van der Waals surface area contributed by atoms with Crippen LogP contribution in [0.5, 0.6) is 5.75 Å². The molecule has 12 nitrogen and oxygen atoms in total. The molecule has 0 spiro atoms. The van der Waals surface area contributed by atoms with Crippen LogP contribution in [0.1, 0.15) is 33.6 Å². The molecular weight excluding hydrogens is 614 g/mol. The minimum atomic E-state index is -3.76. The summed E-state index contributed by atoms with van der Waals surface area (Å²) in [5, 5.41) is 8.13. The molecule has 1 aliphatic heterocycles. The van der Waals surface area contributed by atoms with E-state index in [4.69, 9.17) is 9.47 Å². The van der Waals surface area contributed by atoms with Crippen molar-refractivity contribution in [1.82, 2.24) is 33.4 Å². The number of H-pyrrole nitrogens is 1. The number of aryl methyl sites for hydroxylation is 1. The van der Waals surface area contributed by atoms with Gasteiger partial charge >= 0.3 is 5.69 Å². The molecule has 0 saturated carbocycles. The number of ether oxygens (including phenoxy) is 2. The Morgan fingerprint density at radius 2 is 1.83 bits per heavy atom. The lowest BCUT2D eigenvalue weighted by atomic mass is 10.1. The summed E-state index contributed by atoms with van der Waals surface area (Å²) in [6, 6.07) is 4.96. The van der Waals surface area contributed by atoms with Gasteiger partial charge in [0.25, 0.3) is 0 Å². The Labute approximate surface area is 247 Å². The summed E-state index contributed by atoms with van der Waals surface area (Å²) in [5.74, 6) is 0.542. The van der Waals surface area contributed by atoms with Gasteiger partial charge in [-0.2, -0.15) is 4.31 Å². The lowest BCUT2D eigenvalue weighted by molar-refractivity contribution is 0.0979. The monoisotopic (exact) mass is 649 g/mol. The maximum atomic E-state index is 13.8. The average Bonchev–Trinajstić information content (AvgIpc) is 3.60. The zero-order chi connectivity index (χ0) is 29.1. The molecule has 14 heteroatoms. The largest absolute Gasteiger partial charge is 0.493 e. The van der Waals surface area contributed by atoms with Crippen molar-refractivity contribution in [3.8, 4) is 17.0 Å². The average molecular weight is 651 g/mol. The second kappa shape index (κ2) is 12.6. The molecule has 1 N–H and O–H groups in total. The van der Waals surface area contributed by atoms with Gasteiger partial charge in [-0.25, -0.2) is 17.6 Å². The Morgan fingerprint density at radius 1 is 1.05 bits per heavy atom. The zero-order valence-electron chi connectivity index (χ0n) is 23.6. The van der Waals surface area contributed by atoms with Crippen molar-refractivity contribution < 1.29 is 17.9 Å². The fraction of sp³-hybridized carbons (Fsp3) is 0.519. The van der Waals surface area contributed by atoms with Gasteiger partial charge in [-0.1, -0.05) is 13.8 Å². The number of rotatable bonds is 12. The summed E-state index contributed by atoms with van der Waals surface area (Å²) in [4.78, 5) is 19.1. The maximum absolute atomic E-state index is 13.8. The molecule has 0 atom stereocenters. The summed E-state index contributed by atoms with van der Waals surface area (Å²) in [5.41, 5.74) is 2.59. The Kier molecular flexibility index (Phi) is 9.14. The van der Waals surface area contributed by atoms with Crippen LogP contribution in [-0.2, 0) is 21.3 Å². The first kappa shape index (κ1) is 29.7. The van der Waals surface area contributed by atoms with Crippen molar-refractivity contribution in [2.45, 2.75) is 45.1 Å². The van der Waals surface area contributed by atoms with E-state index in [0.29, 0.717) is 90.7 Å². The van der Waals surface area contributed by atoms with Crippen LogP contribution in [0.2, 0.25) is 0 Å². The molecule has 1 saturated heterocycles. The van der Waals surface area contributed by atoms with Gasteiger partial charge < -0.3 is 14.5 Å². The highest BCUT2D eigenvalue weighted by atomic mass is 79.9. The quantitative estimate of drug-likeness (QED) is 0.232. The Balaban J connectivity index is 1.57. The van der Waals surface area contributed by atoms with Crippen LogP contribution in [0.4, 0.5) is 0 Å². The van der Waals surface area contributed by atoms with Crippen LogP contribution in [-0.4, -0.2) is 94.3 Å². The summed E-state index contributed by atoms with van der Waals surface area (Å²) in [7, 11) is -3.76. The van der Waals surface area contributed by atoms with E-state index in [1.807, 2.05) is 20.8 Å². The van der Waals surface area contributed by atoms with Crippen molar-refractivity contribution in [2.24, 2.45) is 0 Å². The summed E-state index contributed by atoms with van der Waals surface area (Å²) >= 11 is 3.72. The predicted octanol–water partition coefficient (Wildman–Crippen LogP) is 3.34. The molecule has 4 heterocycles. The third-order valence-electron chi connectivity index (χ3n) is 7.25. The molecule has 1 aromatic carbocycles. The number of piperazine rings is 1. The van der Waals surface area contributed by atoms with Gasteiger partial charge in [0.1, 0.15) is 17.6 Å². The number of hydrogen-bond acceptors (Lipinski definition) is 8. The van der Waals surface area contributed by atoms with E-state index in [9.17, 15) is 13.2 Å². The topological polar surface area (TPSA) is 127 Å². The van der Waals surface area contributed by atoms with Crippen molar-refractivity contribution >= 4 is 42.6 Å². The van der Waals surface area contributed by atoms with Crippen LogP contribution in [0.25, 0.3) is 27.9 Å². The zero-order valence-corrected chi connectivity index (χ0v) is 26.0. The fourth-order valence-electron chi connectivity index (χ4n) is 5.15. The molecule has 0 unspecified atom stereocenters. The maximum Gasteiger partial charge on any atom is 0.335 e. The number of nitrogens with zero attached hydrogens (tertiary/aromatic N) is 6. The first-order valence-electron chi connectivity index (χ1n) is 14.0. The van der Waals surface area contributed by atoms with Crippen LogP contribution < -0.4 is 10.4 Å². The first-order chi connectivity index (χ1) is 19.8. The number of sulfonamides is 1. The summed E-state index contributed by atoms with van der Waals surface area (Å²) in [6.45, 7) is 11.1. The van der Waals surface area contributed by atoms with E-state index in [1.165, 1.54) is 15.0 Å². The number of hydrogen-bond donors (Lipinski definition) is 1. The molecule has 1 aliphatic rings. The number of nitrogens with one attached hydrogen (secondary N) is 1. The Morgan fingerprint density at radius 3 is 2.54 bits per heavy atom. The molecule has 1 fully saturated rings. The van der Waals surface area contributed by atoms with E-state index in [2.05, 4.69) is 36.0 Å². The van der Waals surface area contributed by atoms with Crippen LogP contribution in [0, 0.1) is 0 Å². The number of aromatic nitrogens is 5. The highest BCUT2D eigenvalue weighted by molar-refractivity contribution is 9.10. The van der Waals surface area contributed by atoms with E-state index in [-0.39, 0.29) is 10.6 Å². The molecule has 0 amide bonds. The van der Waals surface area contributed by atoms with E-state index in [0.717, 1.165) is 19.4 Å². The van der Waals surface area contributed by atoms with Gasteiger partial charge in [-0.05, 0) is 53.9 Å². The molecule has 0 aliphatic carbocycles. The second-order valence-electron chi connectivity index (χ2n) is 9.95. The van der Waals surface area contributed by atoms with E-state index in [1.54, 1.807) is 22.8 Å². The third kappa shape index (κ3) is 5.67. The normalized spacial score (nSPS) is 15.3. The molecule has 3 aromatic heterocycles. The lowest BCUT2D eigenvalue weighted by Gasteiger charge is -2.33. The van der Waals surface area contributed by atoms with Gasteiger partial charge in [-0.15, -0.1) is 10.2 Å². The van der Waals surface area contributed by atoms with Gasteiger partial charge in [0.05, 0.1) is 33.8 Å². The smallest absolute Gasteiger partial charge is 0.335 e. The minimum Gasteiger partial charge on any atom is -0.493 e. The molecular formula is C27H36BrN7O5S. The van der Waals surface area contributed by atoms with Crippen molar-refractivity contribution in [3.63, 3.8) is 0 Å². The molecule has 5 rings (SSSR count). The number of fused-ring (bicyclic) bond motifs is 3. The summed E-state index contributed by atoms with van der Waals surface area (Å²) in [6.07, 6.45) is 2.93. The third-order valence-corrected chi connectivity index (χ3v) is 9.91. The molecule has 41 heavy (non-hydrogen) atoms. The number of benzene rings is 1. The lowest BCUT2D eigenvalue weighted by Crippen LogP contribution is -2.49. The van der Waals surface area contributed by atoms with Crippen LogP contribution >= 0.6 is 15.9 Å². The Bertz CT molecular complexity index is 1690. The minimum absolute atomic E-state index is 0.184. The van der Waals surface area contributed by atoms with Gasteiger partial charge in [-0.3, -0.25) is 9.47 Å². The van der Waals surface area contributed by atoms with Gasteiger partial charge in [0.15, 0.2) is 5.65 Å². The molecule has 0 bridgehead atoms. The highest BCUT2D eigenvalue weighted by Crippen LogP contribution is 2.41. The van der Waals surface area contributed by atoms with Crippen molar-refractivity contribution in [3.05, 3.63) is 39.5 Å². The van der Waals surface area contributed by atoms with Crippen molar-refractivity contribution in [1.29, 1.82) is 0 Å². The van der Waals surface area contributed by atoms with Crippen molar-refractivity contribution in [2.75, 3.05) is 52.5 Å². The Hall–Kier alpha value is -2.78. The highest BCUT2D eigenvalue weighted by Gasteiger charge is 2.30. The fourth-order valence-corrected chi connectivity index (χ4v) is 7.33. The predicted molar refractivity (Wildman–Crippen MR) is 160 cm³/mol. The SMILES string of the molecule is CCCOc1ccc(S(=O)(=O)N2CCN(CCOCC)CC2)cc1-c1[nH]c2c(c1Br)n(CCC)c(=O)n1cnnc21. The van der Waals surface area contributed by atoms with E-state index < -0.39 is 10.0 Å². The summed E-state index contributed by atoms with van der Waals surface area (Å²) < 4.78 is 44.4. The van der Waals surface area contributed by atoms with Crippen LogP contribution in [0.15, 0.2) is 38.7 Å².